The second-order valence-corrected chi connectivity index (χ2v) is 2.78. The Kier molecular flexibility index (Phi) is 3.80. The fraction of sp³-hybridized carbons (Fsp3) is 0.300. The molecule has 0 aliphatic carbocycles. The van der Waals surface area contributed by atoms with Crippen LogP contribution in [0, 0.1) is 6.42 Å². The van der Waals surface area contributed by atoms with Gasteiger partial charge in [-0.3, -0.25) is 6.42 Å². The molecule has 2 rings (SSSR count). The fourth-order valence-corrected chi connectivity index (χ4v) is 1.35. The van der Waals surface area contributed by atoms with Crippen molar-refractivity contribution in [2.45, 2.75) is 6.42 Å². The van der Waals surface area contributed by atoms with Crippen LogP contribution < -0.4 is 9.47 Å². The topological polar surface area (TPSA) is 18.5 Å². The first-order valence-electron chi connectivity index (χ1n) is 4.01. The summed E-state index contributed by atoms with van der Waals surface area (Å²) >= 11 is 0. The molecule has 0 spiro atoms. The maximum absolute atomic E-state index is 5.41. The SMILES string of the molecule is COc1ccc2c(c1)C[CH-]CO2.[W]. The summed E-state index contributed by atoms with van der Waals surface area (Å²) < 4.78 is 10.5. The molecule has 0 saturated carbocycles. The summed E-state index contributed by atoms with van der Waals surface area (Å²) in [4.78, 5) is 0. The van der Waals surface area contributed by atoms with Gasteiger partial charge in [0.2, 0.25) is 0 Å². The molecule has 0 atom stereocenters. The second-order valence-electron chi connectivity index (χ2n) is 2.78. The van der Waals surface area contributed by atoms with Gasteiger partial charge < -0.3 is 9.47 Å². The van der Waals surface area contributed by atoms with Crippen molar-refractivity contribution in [2.75, 3.05) is 13.7 Å². The fourth-order valence-electron chi connectivity index (χ4n) is 1.35. The Morgan fingerprint density at radius 3 is 3.08 bits per heavy atom. The van der Waals surface area contributed by atoms with Crippen LogP contribution in [0.15, 0.2) is 18.2 Å². The van der Waals surface area contributed by atoms with E-state index >= 15 is 0 Å². The summed E-state index contributed by atoms with van der Waals surface area (Å²) in [6.45, 7) is 0.722. The minimum absolute atomic E-state index is 0. The zero-order chi connectivity index (χ0) is 8.39. The van der Waals surface area contributed by atoms with E-state index in [-0.39, 0.29) is 21.1 Å². The molecular weight excluding hydrogens is 336 g/mol. The molecular formula is C10H11O2W-. The van der Waals surface area contributed by atoms with Crippen LogP contribution in [0.25, 0.3) is 0 Å². The van der Waals surface area contributed by atoms with Gasteiger partial charge in [0.05, 0.1) is 7.11 Å². The molecule has 0 N–H and O–H groups in total. The number of rotatable bonds is 1. The zero-order valence-electron chi connectivity index (χ0n) is 7.45. The van der Waals surface area contributed by atoms with Crippen molar-refractivity contribution in [1.29, 1.82) is 0 Å². The number of ether oxygens (including phenoxy) is 2. The molecule has 1 aromatic carbocycles. The standard InChI is InChI=1S/C10H11O2.W/c1-11-9-4-5-10-8(7-9)3-2-6-12-10;/h2,4-5,7H,3,6H2,1H3;/q-1;. The molecule has 1 aliphatic rings. The quantitative estimate of drug-likeness (QED) is 0.722. The third-order valence-corrected chi connectivity index (χ3v) is 1.99. The van der Waals surface area contributed by atoms with Gasteiger partial charge in [-0.2, -0.15) is 0 Å². The number of hydrogen-bond acceptors (Lipinski definition) is 2. The van der Waals surface area contributed by atoms with Crippen molar-refractivity contribution in [2.24, 2.45) is 0 Å². The molecule has 3 heteroatoms. The summed E-state index contributed by atoms with van der Waals surface area (Å²) in [5, 5.41) is 0. The molecule has 0 unspecified atom stereocenters. The van der Waals surface area contributed by atoms with Gasteiger partial charge in [-0.15, -0.1) is 6.42 Å². The van der Waals surface area contributed by atoms with Crippen molar-refractivity contribution >= 4 is 0 Å². The van der Waals surface area contributed by atoms with Gasteiger partial charge in [-0.25, -0.2) is 0 Å². The maximum Gasteiger partial charge on any atom is 0.119 e. The summed E-state index contributed by atoms with van der Waals surface area (Å²) in [5.74, 6) is 1.88. The average Bonchev–Trinajstić information content (AvgIpc) is 2.17. The van der Waals surface area contributed by atoms with Crippen molar-refractivity contribution in [3.05, 3.63) is 30.2 Å². The molecule has 0 aromatic heterocycles. The van der Waals surface area contributed by atoms with Crippen LogP contribution in [0.1, 0.15) is 5.56 Å². The van der Waals surface area contributed by atoms with Crippen LogP contribution in [0.5, 0.6) is 11.5 Å². The van der Waals surface area contributed by atoms with Crippen LogP contribution in [-0.2, 0) is 27.5 Å². The van der Waals surface area contributed by atoms with E-state index in [4.69, 9.17) is 9.47 Å². The summed E-state index contributed by atoms with van der Waals surface area (Å²) in [7, 11) is 1.68. The Bertz CT molecular complexity index is 286. The first kappa shape index (κ1) is 10.6. The van der Waals surface area contributed by atoms with E-state index in [0.717, 1.165) is 24.5 Å². The van der Waals surface area contributed by atoms with Gasteiger partial charge >= 0.3 is 0 Å². The van der Waals surface area contributed by atoms with E-state index in [1.165, 1.54) is 5.56 Å². The number of benzene rings is 1. The van der Waals surface area contributed by atoms with E-state index in [1.807, 2.05) is 18.2 Å². The molecule has 1 aliphatic heterocycles. The largest absolute Gasteiger partial charge is 0.525 e. The van der Waals surface area contributed by atoms with Crippen molar-refractivity contribution in [1.82, 2.24) is 0 Å². The van der Waals surface area contributed by atoms with Gasteiger partial charge in [0.15, 0.2) is 0 Å². The molecule has 2 nitrogen and oxygen atoms in total. The normalized spacial score (nSPS) is 13.6. The molecule has 0 fully saturated rings. The Hall–Kier alpha value is -0.492. The smallest absolute Gasteiger partial charge is 0.119 e. The number of methoxy groups -OCH3 is 1. The minimum atomic E-state index is 0. The van der Waals surface area contributed by atoms with E-state index in [2.05, 4.69) is 6.42 Å². The third-order valence-electron chi connectivity index (χ3n) is 1.99. The monoisotopic (exact) mass is 347 g/mol. The molecule has 70 valence electrons. The molecule has 0 saturated heterocycles. The second kappa shape index (κ2) is 4.66. The summed E-state index contributed by atoms with van der Waals surface area (Å²) in [5.41, 5.74) is 1.21. The van der Waals surface area contributed by atoms with Gasteiger partial charge in [0.1, 0.15) is 11.5 Å². The van der Waals surface area contributed by atoms with Gasteiger partial charge in [-0.1, -0.05) is 0 Å². The number of fused-ring (bicyclic) bond motifs is 1. The van der Waals surface area contributed by atoms with Crippen LogP contribution in [0.4, 0.5) is 0 Å². The van der Waals surface area contributed by atoms with Crippen LogP contribution in [0.3, 0.4) is 0 Å². The first-order chi connectivity index (χ1) is 5.90. The average molecular weight is 347 g/mol. The molecule has 0 bridgehead atoms. The Morgan fingerprint density at radius 1 is 1.46 bits per heavy atom. The predicted octanol–water partition coefficient (Wildman–Crippen LogP) is 1.83. The van der Waals surface area contributed by atoms with Crippen LogP contribution >= 0.6 is 0 Å². The molecule has 13 heavy (non-hydrogen) atoms. The van der Waals surface area contributed by atoms with Crippen molar-refractivity contribution in [3.63, 3.8) is 0 Å². The Labute approximate surface area is 92.5 Å². The zero-order valence-corrected chi connectivity index (χ0v) is 10.4. The van der Waals surface area contributed by atoms with Crippen LogP contribution in [-0.4, -0.2) is 13.7 Å². The third kappa shape index (κ3) is 2.25. The summed E-state index contributed by atoms with van der Waals surface area (Å²) in [6, 6.07) is 5.90. The molecule has 0 radical (unpaired) electrons. The Morgan fingerprint density at radius 2 is 2.31 bits per heavy atom. The number of hydrogen-bond donors (Lipinski definition) is 0. The van der Waals surface area contributed by atoms with E-state index in [9.17, 15) is 0 Å². The van der Waals surface area contributed by atoms with Gasteiger partial charge in [-0.05, 0) is 30.4 Å². The molecule has 0 amide bonds. The van der Waals surface area contributed by atoms with Crippen molar-refractivity contribution < 1.29 is 30.5 Å². The van der Waals surface area contributed by atoms with Gasteiger partial charge in [0, 0.05) is 21.1 Å². The maximum atomic E-state index is 5.41. The van der Waals surface area contributed by atoms with E-state index < -0.39 is 0 Å². The van der Waals surface area contributed by atoms with Crippen molar-refractivity contribution in [3.8, 4) is 11.5 Å². The first-order valence-corrected chi connectivity index (χ1v) is 4.01. The van der Waals surface area contributed by atoms with E-state index in [0.29, 0.717) is 0 Å². The summed E-state index contributed by atoms with van der Waals surface area (Å²) in [6.07, 6.45) is 3.09. The van der Waals surface area contributed by atoms with Gasteiger partial charge in [0.25, 0.3) is 0 Å². The molecule has 1 heterocycles. The minimum Gasteiger partial charge on any atom is -0.525 e. The van der Waals surface area contributed by atoms with Crippen LogP contribution in [0.2, 0.25) is 0 Å². The van der Waals surface area contributed by atoms with E-state index in [1.54, 1.807) is 7.11 Å². The Balaban J connectivity index is 0.000000845. The predicted molar refractivity (Wildman–Crippen MR) is 46.5 cm³/mol. The molecule has 1 aromatic rings.